The summed E-state index contributed by atoms with van der Waals surface area (Å²) in [6.07, 6.45) is 10.7. The number of likely N-dealkylation sites (tertiary alicyclic amines) is 1. The number of aromatic nitrogens is 3. The van der Waals surface area contributed by atoms with Crippen molar-refractivity contribution in [2.24, 2.45) is 0 Å². The van der Waals surface area contributed by atoms with E-state index in [1.54, 1.807) is 6.26 Å². The molecule has 0 bridgehead atoms. The molecule has 2 aromatic heterocycles. The first-order valence-corrected chi connectivity index (χ1v) is 7.44. The van der Waals surface area contributed by atoms with Crippen LogP contribution in [0.2, 0.25) is 0 Å². The Hall–Kier alpha value is -1.62. The van der Waals surface area contributed by atoms with Crippen molar-refractivity contribution in [3.05, 3.63) is 36.3 Å². The first-order chi connectivity index (χ1) is 9.81. The summed E-state index contributed by atoms with van der Waals surface area (Å²) in [5.74, 6) is 0.755. The third kappa shape index (κ3) is 3.28. The molecule has 2 aromatic rings. The molecule has 1 saturated heterocycles. The molecule has 1 fully saturated rings. The standard InChI is InChI=1S/C15H22N4O/c1-13-17-14(12-20-13)11-18-8-3-2-5-15(18)6-10-19-9-4-7-16-19/h4,7,9,12,15H,2-3,5-6,8,10-11H2,1H3/t15-/m0/s1. The van der Waals surface area contributed by atoms with E-state index in [0.717, 1.165) is 37.6 Å². The van der Waals surface area contributed by atoms with Crippen LogP contribution < -0.4 is 0 Å². The van der Waals surface area contributed by atoms with Crippen LogP contribution >= 0.6 is 0 Å². The van der Waals surface area contributed by atoms with Crippen LogP contribution in [0.4, 0.5) is 0 Å². The van der Waals surface area contributed by atoms with E-state index >= 15 is 0 Å². The fourth-order valence-corrected chi connectivity index (χ4v) is 3.00. The molecule has 0 amide bonds. The van der Waals surface area contributed by atoms with Crippen molar-refractivity contribution < 1.29 is 4.42 Å². The zero-order valence-corrected chi connectivity index (χ0v) is 12.0. The van der Waals surface area contributed by atoms with Crippen molar-refractivity contribution in [2.75, 3.05) is 6.54 Å². The topological polar surface area (TPSA) is 47.1 Å². The first-order valence-electron chi connectivity index (χ1n) is 7.44. The highest BCUT2D eigenvalue weighted by Crippen LogP contribution is 2.22. The van der Waals surface area contributed by atoms with Gasteiger partial charge in [-0.1, -0.05) is 6.42 Å². The zero-order chi connectivity index (χ0) is 13.8. The van der Waals surface area contributed by atoms with Gasteiger partial charge in [-0.2, -0.15) is 5.10 Å². The predicted molar refractivity (Wildman–Crippen MR) is 76.1 cm³/mol. The molecule has 0 aromatic carbocycles. The lowest BCUT2D eigenvalue weighted by Gasteiger charge is -2.35. The highest BCUT2D eigenvalue weighted by atomic mass is 16.3. The van der Waals surface area contributed by atoms with Crippen molar-refractivity contribution in [3.8, 4) is 0 Å². The number of rotatable bonds is 5. The fourth-order valence-electron chi connectivity index (χ4n) is 3.00. The van der Waals surface area contributed by atoms with Crippen LogP contribution in [-0.4, -0.2) is 32.3 Å². The van der Waals surface area contributed by atoms with E-state index in [2.05, 4.69) is 15.0 Å². The molecule has 0 spiro atoms. The molecule has 1 atom stereocenters. The first kappa shape index (κ1) is 13.4. The summed E-state index contributed by atoms with van der Waals surface area (Å²) >= 11 is 0. The van der Waals surface area contributed by atoms with Crippen LogP contribution in [0.3, 0.4) is 0 Å². The number of aryl methyl sites for hydroxylation is 2. The molecule has 0 saturated carbocycles. The molecule has 1 aliphatic rings. The zero-order valence-electron chi connectivity index (χ0n) is 12.0. The van der Waals surface area contributed by atoms with Crippen molar-refractivity contribution in [2.45, 2.75) is 51.7 Å². The molecule has 3 rings (SSSR count). The molecular weight excluding hydrogens is 252 g/mol. The molecule has 0 aliphatic carbocycles. The van der Waals surface area contributed by atoms with Crippen LogP contribution in [0.5, 0.6) is 0 Å². The second-order valence-electron chi connectivity index (χ2n) is 5.54. The summed E-state index contributed by atoms with van der Waals surface area (Å²) in [4.78, 5) is 6.97. The normalized spacial score (nSPS) is 20.4. The lowest BCUT2D eigenvalue weighted by atomic mass is 9.99. The second kappa shape index (κ2) is 6.22. The van der Waals surface area contributed by atoms with Crippen LogP contribution in [0.15, 0.2) is 29.1 Å². The van der Waals surface area contributed by atoms with Gasteiger partial charge in [-0.15, -0.1) is 0 Å². The summed E-state index contributed by atoms with van der Waals surface area (Å²) in [6.45, 7) is 4.96. The highest BCUT2D eigenvalue weighted by molar-refractivity contribution is 4.96. The van der Waals surface area contributed by atoms with Crippen molar-refractivity contribution in [1.82, 2.24) is 19.7 Å². The molecule has 5 heteroatoms. The summed E-state index contributed by atoms with van der Waals surface area (Å²) < 4.78 is 7.33. The van der Waals surface area contributed by atoms with E-state index in [4.69, 9.17) is 4.42 Å². The molecule has 5 nitrogen and oxygen atoms in total. The Morgan fingerprint density at radius 1 is 1.40 bits per heavy atom. The largest absolute Gasteiger partial charge is 0.449 e. The van der Waals surface area contributed by atoms with Gasteiger partial charge in [0.1, 0.15) is 6.26 Å². The fraction of sp³-hybridized carbons (Fsp3) is 0.600. The monoisotopic (exact) mass is 274 g/mol. The summed E-state index contributed by atoms with van der Waals surface area (Å²) in [5, 5.41) is 4.28. The Morgan fingerprint density at radius 3 is 3.10 bits per heavy atom. The van der Waals surface area contributed by atoms with Gasteiger partial charge in [-0.25, -0.2) is 4.98 Å². The van der Waals surface area contributed by atoms with Crippen LogP contribution in [0.25, 0.3) is 0 Å². The third-order valence-corrected chi connectivity index (χ3v) is 4.03. The maximum atomic E-state index is 5.31. The Balaban J connectivity index is 1.58. The van der Waals surface area contributed by atoms with Gasteiger partial charge >= 0.3 is 0 Å². The second-order valence-corrected chi connectivity index (χ2v) is 5.54. The molecule has 108 valence electrons. The molecule has 20 heavy (non-hydrogen) atoms. The van der Waals surface area contributed by atoms with E-state index in [-0.39, 0.29) is 0 Å². The quantitative estimate of drug-likeness (QED) is 0.841. The van der Waals surface area contributed by atoms with Crippen molar-refractivity contribution >= 4 is 0 Å². The van der Waals surface area contributed by atoms with Gasteiger partial charge in [-0.05, 0) is 31.9 Å². The average Bonchev–Trinajstić information content (AvgIpc) is 3.10. The van der Waals surface area contributed by atoms with E-state index in [1.165, 1.54) is 19.3 Å². The number of oxazole rings is 1. The summed E-state index contributed by atoms with van der Waals surface area (Å²) in [6, 6.07) is 2.61. The van der Waals surface area contributed by atoms with Crippen LogP contribution in [0.1, 0.15) is 37.3 Å². The Kier molecular flexibility index (Phi) is 4.16. The highest BCUT2D eigenvalue weighted by Gasteiger charge is 2.23. The van der Waals surface area contributed by atoms with E-state index in [9.17, 15) is 0 Å². The third-order valence-electron chi connectivity index (χ3n) is 4.03. The maximum absolute atomic E-state index is 5.31. The number of nitrogens with zero attached hydrogens (tertiary/aromatic N) is 4. The predicted octanol–water partition coefficient (Wildman–Crippen LogP) is 2.62. The van der Waals surface area contributed by atoms with E-state index in [0.29, 0.717) is 6.04 Å². The number of hydrogen-bond acceptors (Lipinski definition) is 4. The van der Waals surface area contributed by atoms with Gasteiger partial charge < -0.3 is 4.42 Å². The molecule has 1 aliphatic heterocycles. The van der Waals surface area contributed by atoms with Crippen molar-refractivity contribution in [1.29, 1.82) is 0 Å². The Labute approximate surface area is 119 Å². The molecule has 0 unspecified atom stereocenters. The van der Waals surface area contributed by atoms with Gasteiger partial charge in [0, 0.05) is 38.4 Å². The summed E-state index contributed by atoms with van der Waals surface area (Å²) in [7, 11) is 0. The van der Waals surface area contributed by atoms with E-state index in [1.807, 2.05) is 30.1 Å². The minimum absolute atomic E-state index is 0.630. The van der Waals surface area contributed by atoms with Crippen LogP contribution in [0, 0.1) is 6.92 Å². The van der Waals surface area contributed by atoms with Gasteiger partial charge in [0.2, 0.25) is 0 Å². The molecular formula is C15H22N4O. The number of piperidine rings is 1. The van der Waals surface area contributed by atoms with Gasteiger partial charge in [0.05, 0.1) is 5.69 Å². The smallest absolute Gasteiger partial charge is 0.191 e. The lowest BCUT2D eigenvalue weighted by molar-refractivity contribution is 0.125. The van der Waals surface area contributed by atoms with Crippen molar-refractivity contribution in [3.63, 3.8) is 0 Å². The summed E-state index contributed by atoms with van der Waals surface area (Å²) in [5.41, 5.74) is 1.05. The molecule has 0 radical (unpaired) electrons. The van der Waals surface area contributed by atoms with E-state index < -0.39 is 0 Å². The minimum atomic E-state index is 0.630. The molecule has 3 heterocycles. The van der Waals surface area contributed by atoms with Crippen LogP contribution in [-0.2, 0) is 13.1 Å². The Bertz CT molecular complexity index is 520. The minimum Gasteiger partial charge on any atom is -0.449 e. The maximum Gasteiger partial charge on any atom is 0.191 e. The SMILES string of the molecule is Cc1nc(CN2CCCC[C@H]2CCn2cccn2)co1. The lowest BCUT2D eigenvalue weighted by Crippen LogP contribution is -2.39. The van der Waals surface area contributed by atoms with Gasteiger partial charge in [-0.3, -0.25) is 9.58 Å². The number of hydrogen-bond donors (Lipinski definition) is 0. The van der Waals surface area contributed by atoms with Gasteiger partial charge in [0.25, 0.3) is 0 Å². The molecule has 0 N–H and O–H groups in total. The Morgan fingerprint density at radius 2 is 2.35 bits per heavy atom. The van der Waals surface area contributed by atoms with Gasteiger partial charge in [0.15, 0.2) is 5.89 Å². The average molecular weight is 274 g/mol.